The van der Waals surface area contributed by atoms with Gasteiger partial charge in [-0.05, 0) is 74.8 Å². The van der Waals surface area contributed by atoms with Crippen LogP contribution < -0.4 is 0 Å². The Labute approximate surface area is 126 Å². The average Bonchev–Trinajstić information content (AvgIpc) is 2.44. The Balaban J connectivity index is 1.45. The Morgan fingerprint density at radius 3 is 2.24 bits per heavy atom. The summed E-state index contributed by atoms with van der Waals surface area (Å²) >= 11 is 0. The van der Waals surface area contributed by atoms with Crippen molar-refractivity contribution in [2.75, 3.05) is 6.61 Å². The van der Waals surface area contributed by atoms with Crippen LogP contribution in [0.5, 0.6) is 0 Å². The summed E-state index contributed by atoms with van der Waals surface area (Å²) in [5.41, 5.74) is 2.04. The second-order valence-corrected chi connectivity index (χ2v) is 7.81. The van der Waals surface area contributed by atoms with Gasteiger partial charge in [0.1, 0.15) is 0 Å². The SMILES string of the molecule is Cc1ccccc1C(=O)OCC12CC3CC(CC(C3)C1)C2. The summed E-state index contributed by atoms with van der Waals surface area (Å²) < 4.78 is 5.75. The highest BCUT2D eigenvalue weighted by molar-refractivity contribution is 5.90. The number of rotatable bonds is 3. The molecule has 4 bridgehead atoms. The number of esters is 1. The minimum Gasteiger partial charge on any atom is -0.461 e. The zero-order valence-corrected chi connectivity index (χ0v) is 12.8. The number of hydrogen-bond acceptors (Lipinski definition) is 2. The number of aryl methyl sites for hydroxylation is 1. The first-order valence-corrected chi connectivity index (χ1v) is 8.36. The van der Waals surface area contributed by atoms with Crippen molar-refractivity contribution in [3.05, 3.63) is 35.4 Å². The van der Waals surface area contributed by atoms with Gasteiger partial charge in [0.15, 0.2) is 0 Å². The second kappa shape index (κ2) is 4.86. The highest BCUT2D eigenvalue weighted by Crippen LogP contribution is 2.60. The van der Waals surface area contributed by atoms with Crippen molar-refractivity contribution in [2.45, 2.75) is 45.4 Å². The lowest BCUT2D eigenvalue weighted by Gasteiger charge is -2.56. The molecule has 4 fully saturated rings. The summed E-state index contributed by atoms with van der Waals surface area (Å²) in [6.07, 6.45) is 8.18. The molecule has 1 aromatic rings. The average molecular weight is 284 g/mol. The summed E-state index contributed by atoms with van der Waals surface area (Å²) in [5, 5.41) is 0. The summed E-state index contributed by atoms with van der Waals surface area (Å²) in [6, 6.07) is 7.72. The molecule has 4 saturated carbocycles. The zero-order chi connectivity index (χ0) is 14.4. The Morgan fingerprint density at radius 2 is 1.67 bits per heavy atom. The maximum atomic E-state index is 12.3. The lowest BCUT2D eigenvalue weighted by Crippen LogP contribution is -2.48. The van der Waals surface area contributed by atoms with Crippen LogP contribution >= 0.6 is 0 Å². The number of benzene rings is 1. The lowest BCUT2D eigenvalue weighted by atomic mass is 9.50. The van der Waals surface area contributed by atoms with Gasteiger partial charge in [0.25, 0.3) is 0 Å². The van der Waals surface area contributed by atoms with Gasteiger partial charge in [0.05, 0.1) is 12.2 Å². The molecule has 0 radical (unpaired) electrons. The minimum atomic E-state index is -0.135. The van der Waals surface area contributed by atoms with Crippen molar-refractivity contribution >= 4 is 5.97 Å². The Hall–Kier alpha value is -1.31. The number of hydrogen-bond donors (Lipinski definition) is 0. The van der Waals surface area contributed by atoms with E-state index in [1.54, 1.807) is 0 Å². The van der Waals surface area contributed by atoms with Crippen LogP contribution in [-0.4, -0.2) is 12.6 Å². The van der Waals surface area contributed by atoms with Gasteiger partial charge in [0.2, 0.25) is 0 Å². The van der Waals surface area contributed by atoms with Crippen LogP contribution in [0, 0.1) is 30.1 Å². The highest BCUT2D eigenvalue weighted by Gasteiger charge is 2.51. The van der Waals surface area contributed by atoms with Crippen molar-refractivity contribution in [1.82, 2.24) is 0 Å². The maximum Gasteiger partial charge on any atom is 0.338 e. The molecule has 4 aliphatic rings. The van der Waals surface area contributed by atoms with Crippen LogP contribution in [0.4, 0.5) is 0 Å². The van der Waals surface area contributed by atoms with E-state index in [0.29, 0.717) is 12.0 Å². The second-order valence-electron chi connectivity index (χ2n) is 7.81. The number of carbonyl (C=O) groups is 1. The van der Waals surface area contributed by atoms with E-state index >= 15 is 0 Å². The summed E-state index contributed by atoms with van der Waals surface area (Å²) in [7, 11) is 0. The van der Waals surface area contributed by atoms with E-state index in [-0.39, 0.29) is 5.97 Å². The van der Waals surface area contributed by atoms with E-state index in [9.17, 15) is 4.79 Å². The first-order chi connectivity index (χ1) is 10.1. The third-order valence-corrected chi connectivity index (χ3v) is 6.04. The van der Waals surface area contributed by atoms with Crippen LogP contribution in [0.15, 0.2) is 24.3 Å². The Bertz CT molecular complexity index is 525. The van der Waals surface area contributed by atoms with Crippen LogP contribution in [0.2, 0.25) is 0 Å². The Morgan fingerprint density at radius 1 is 1.10 bits per heavy atom. The molecule has 0 amide bonds. The summed E-state index contributed by atoms with van der Waals surface area (Å²) in [4.78, 5) is 12.3. The van der Waals surface area contributed by atoms with Crippen molar-refractivity contribution in [2.24, 2.45) is 23.2 Å². The molecule has 0 aromatic heterocycles. The van der Waals surface area contributed by atoms with Gasteiger partial charge in [-0.1, -0.05) is 18.2 Å². The highest BCUT2D eigenvalue weighted by atomic mass is 16.5. The normalized spacial score (nSPS) is 36.7. The molecule has 112 valence electrons. The van der Waals surface area contributed by atoms with Gasteiger partial charge >= 0.3 is 5.97 Å². The van der Waals surface area contributed by atoms with Crippen molar-refractivity contribution in [1.29, 1.82) is 0 Å². The predicted molar refractivity (Wildman–Crippen MR) is 82.1 cm³/mol. The fourth-order valence-electron chi connectivity index (χ4n) is 5.57. The van der Waals surface area contributed by atoms with Crippen LogP contribution in [-0.2, 0) is 4.74 Å². The smallest absolute Gasteiger partial charge is 0.338 e. The van der Waals surface area contributed by atoms with Gasteiger partial charge in [-0.3, -0.25) is 0 Å². The topological polar surface area (TPSA) is 26.3 Å². The van der Waals surface area contributed by atoms with E-state index in [2.05, 4.69) is 0 Å². The number of ether oxygens (including phenoxy) is 1. The fourth-order valence-corrected chi connectivity index (χ4v) is 5.57. The zero-order valence-electron chi connectivity index (χ0n) is 12.8. The molecule has 0 heterocycles. The molecule has 0 aliphatic heterocycles. The van der Waals surface area contributed by atoms with Gasteiger partial charge in [-0.15, -0.1) is 0 Å². The molecule has 0 spiro atoms. The van der Waals surface area contributed by atoms with Crippen molar-refractivity contribution in [3.8, 4) is 0 Å². The summed E-state index contributed by atoms with van der Waals surface area (Å²) in [6.45, 7) is 2.62. The first-order valence-electron chi connectivity index (χ1n) is 8.36. The molecule has 0 atom stereocenters. The van der Waals surface area contributed by atoms with Crippen molar-refractivity contribution < 1.29 is 9.53 Å². The van der Waals surface area contributed by atoms with Crippen LogP contribution in [0.25, 0.3) is 0 Å². The summed E-state index contributed by atoms with van der Waals surface area (Å²) in [5.74, 6) is 2.60. The van der Waals surface area contributed by atoms with E-state index in [4.69, 9.17) is 4.74 Å². The molecule has 2 heteroatoms. The fraction of sp³-hybridized carbons (Fsp3) is 0.632. The maximum absolute atomic E-state index is 12.3. The quantitative estimate of drug-likeness (QED) is 0.770. The van der Waals surface area contributed by atoms with E-state index in [1.807, 2.05) is 31.2 Å². The van der Waals surface area contributed by atoms with Crippen LogP contribution in [0.1, 0.15) is 54.4 Å². The third-order valence-electron chi connectivity index (χ3n) is 6.04. The van der Waals surface area contributed by atoms with E-state index in [0.717, 1.165) is 28.9 Å². The molecular formula is C19H24O2. The van der Waals surface area contributed by atoms with Gasteiger partial charge in [0, 0.05) is 5.41 Å². The van der Waals surface area contributed by atoms with E-state index in [1.165, 1.54) is 38.5 Å². The molecule has 0 unspecified atom stereocenters. The molecule has 5 rings (SSSR count). The minimum absolute atomic E-state index is 0.135. The monoisotopic (exact) mass is 284 g/mol. The van der Waals surface area contributed by atoms with E-state index < -0.39 is 0 Å². The van der Waals surface area contributed by atoms with Gasteiger partial charge < -0.3 is 4.74 Å². The van der Waals surface area contributed by atoms with Crippen LogP contribution in [0.3, 0.4) is 0 Å². The largest absolute Gasteiger partial charge is 0.461 e. The van der Waals surface area contributed by atoms with Crippen molar-refractivity contribution in [3.63, 3.8) is 0 Å². The molecule has 1 aromatic carbocycles. The molecule has 4 aliphatic carbocycles. The number of carbonyl (C=O) groups excluding carboxylic acids is 1. The predicted octanol–water partition coefficient (Wildman–Crippen LogP) is 4.37. The molecule has 2 nitrogen and oxygen atoms in total. The lowest BCUT2D eigenvalue weighted by molar-refractivity contribution is -0.0848. The Kier molecular flexibility index (Phi) is 3.09. The standard InChI is InChI=1S/C19H24O2/c1-13-4-2-3-5-17(13)18(20)21-12-19-9-14-6-15(10-19)8-16(7-14)11-19/h2-5,14-16H,6-12H2,1H3. The first kappa shape index (κ1) is 13.4. The third kappa shape index (κ3) is 2.39. The molecule has 0 N–H and O–H groups in total. The molecule has 0 saturated heterocycles. The molecular weight excluding hydrogens is 260 g/mol. The van der Waals surface area contributed by atoms with Gasteiger partial charge in [-0.25, -0.2) is 4.79 Å². The molecule has 21 heavy (non-hydrogen) atoms. The van der Waals surface area contributed by atoms with Gasteiger partial charge in [-0.2, -0.15) is 0 Å².